The third kappa shape index (κ3) is 5.29. The number of rotatable bonds is 5. The summed E-state index contributed by atoms with van der Waals surface area (Å²) in [5.41, 5.74) is 0.574. The first-order chi connectivity index (χ1) is 13.3. The van der Waals surface area contributed by atoms with Gasteiger partial charge in [-0.1, -0.05) is 24.4 Å². The number of carbonyl (C=O) groups is 1. The molecule has 1 aromatic heterocycles. The number of nitrogens with one attached hydrogen (secondary N) is 3. The standard InChI is InChI=1S/C18H22N4O4S2/c1-12-11-16(21-26-12)22-28(24,25)15-9-7-14(8-10-15)19-18(27)20-17(23)13-5-3-2-4-6-13/h7-11,13H,2-6H2,1H3,(H,21,22)(H2,19,20,23,27). The lowest BCUT2D eigenvalue weighted by Gasteiger charge is -2.21. The van der Waals surface area contributed by atoms with E-state index in [1.54, 1.807) is 19.1 Å². The predicted molar refractivity (Wildman–Crippen MR) is 109 cm³/mol. The maximum atomic E-state index is 12.4. The summed E-state index contributed by atoms with van der Waals surface area (Å²) in [6.45, 7) is 1.67. The SMILES string of the molecule is Cc1cc(NS(=O)(=O)c2ccc(NC(=S)NC(=O)C3CCCCC3)cc2)no1. The van der Waals surface area contributed by atoms with Gasteiger partial charge in [0.05, 0.1) is 4.90 Å². The number of anilines is 2. The van der Waals surface area contributed by atoms with Crippen molar-refractivity contribution in [1.82, 2.24) is 10.5 Å². The maximum absolute atomic E-state index is 12.4. The fourth-order valence-corrected chi connectivity index (χ4v) is 4.27. The Morgan fingerprint density at radius 1 is 1.18 bits per heavy atom. The first-order valence-electron chi connectivity index (χ1n) is 9.01. The lowest BCUT2D eigenvalue weighted by atomic mass is 9.89. The Morgan fingerprint density at radius 2 is 1.86 bits per heavy atom. The van der Waals surface area contributed by atoms with Crippen LogP contribution in [0.2, 0.25) is 0 Å². The molecule has 1 saturated carbocycles. The minimum atomic E-state index is -3.78. The van der Waals surface area contributed by atoms with E-state index in [1.807, 2.05) is 0 Å². The molecule has 0 bridgehead atoms. The van der Waals surface area contributed by atoms with Gasteiger partial charge in [0.25, 0.3) is 10.0 Å². The number of aromatic nitrogens is 1. The van der Waals surface area contributed by atoms with Crippen molar-refractivity contribution in [1.29, 1.82) is 0 Å². The van der Waals surface area contributed by atoms with E-state index in [9.17, 15) is 13.2 Å². The third-order valence-electron chi connectivity index (χ3n) is 4.50. The Bertz CT molecular complexity index is 948. The number of thiocarbonyl (C=S) groups is 1. The van der Waals surface area contributed by atoms with Crippen molar-refractivity contribution < 1.29 is 17.7 Å². The molecule has 3 rings (SSSR count). The first kappa shape index (κ1) is 20.3. The summed E-state index contributed by atoms with van der Waals surface area (Å²) in [5.74, 6) is 0.558. The van der Waals surface area contributed by atoms with Crippen molar-refractivity contribution in [3.63, 3.8) is 0 Å². The van der Waals surface area contributed by atoms with E-state index >= 15 is 0 Å². The van der Waals surface area contributed by atoms with Crippen LogP contribution in [0.5, 0.6) is 0 Å². The summed E-state index contributed by atoms with van der Waals surface area (Å²) in [5, 5.41) is 9.42. The van der Waals surface area contributed by atoms with Gasteiger partial charge in [0.2, 0.25) is 5.91 Å². The highest BCUT2D eigenvalue weighted by Crippen LogP contribution is 2.23. The van der Waals surface area contributed by atoms with Crippen LogP contribution in [-0.4, -0.2) is 24.6 Å². The number of hydrogen-bond donors (Lipinski definition) is 3. The molecular weight excluding hydrogens is 400 g/mol. The Hall–Kier alpha value is -2.46. The monoisotopic (exact) mass is 422 g/mol. The number of carbonyl (C=O) groups excluding carboxylic acids is 1. The van der Waals surface area contributed by atoms with Gasteiger partial charge in [-0.25, -0.2) is 8.42 Å². The van der Waals surface area contributed by atoms with Gasteiger partial charge in [-0.2, -0.15) is 0 Å². The zero-order chi connectivity index (χ0) is 20.1. The molecule has 1 aromatic carbocycles. The number of sulfonamides is 1. The molecule has 2 aromatic rings. The summed E-state index contributed by atoms with van der Waals surface area (Å²) in [6, 6.07) is 7.50. The largest absolute Gasteiger partial charge is 0.360 e. The molecule has 1 fully saturated rings. The zero-order valence-corrected chi connectivity index (χ0v) is 17.0. The molecule has 1 amide bonds. The van der Waals surface area contributed by atoms with Crippen molar-refractivity contribution in [2.45, 2.75) is 43.9 Å². The first-order valence-corrected chi connectivity index (χ1v) is 10.9. The van der Waals surface area contributed by atoms with E-state index in [1.165, 1.54) is 24.6 Å². The molecule has 0 atom stereocenters. The van der Waals surface area contributed by atoms with Gasteiger partial charge in [0, 0.05) is 17.7 Å². The molecule has 28 heavy (non-hydrogen) atoms. The van der Waals surface area contributed by atoms with Crippen LogP contribution in [0.15, 0.2) is 39.8 Å². The zero-order valence-electron chi connectivity index (χ0n) is 15.4. The topological polar surface area (TPSA) is 113 Å². The fourth-order valence-electron chi connectivity index (χ4n) is 3.07. The molecule has 0 spiro atoms. The number of amides is 1. The maximum Gasteiger partial charge on any atom is 0.263 e. The van der Waals surface area contributed by atoms with Crippen LogP contribution in [0.25, 0.3) is 0 Å². The molecule has 0 unspecified atom stereocenters. The molecule has 1 heterocycles. The van der Waals surface area contributed by atoms with Crippen LogP contribution in [-0.2, 0) is 14.8 Å². The van der Waals surface area contributed by atoms with Gasteiger partial charge in [-0.15, -0.1) is 0 Å². The quantitative estimate of drug-likeness (QED) is 0.634. The van der Waals surface area contributed by atoms with E-state index in [-0.39, 0.29) is 27.7 Å². The third-order valence-corrected chi connectivity index (χ3v) is 6.08. The minimum absolute atomic E-state index is 0.00672. The number of aryl methyl sites for hydroxylation is 1. The molecule has 0 radical (unpaired) electrons. The minimum Gasteiger partial charge on any atom is -0.360 e. The van der Waals surface area contributed by atoms with Gasteiger partial charge < -0.3 is 15.2 Å². The van der Waals surface area contributed by atoms with Crippen LogP contribution >= 0.6 is 12.2 Å². The Kier molecular flexibility index (Phi) is 6.30. The number of nitrogens with zero attached hydrogens (tertiary/aromatic N) is 1. The van der Waals surface area contributed by atoms with Crippen molar-refractivity contribution in [3.8, 4) is 0 Å². The predicted octanol–water partition coefficient (Wildman–Crippen LogP) is 3.18. The summed E-state index contributed by atoms with van der Waals surface area (Å²) >= 11 is 5.18. The second-order valence-electron chi connectivity index (χ2n) is 6.73. The molecule has 150 valence electrons. The highest BCUT2D eigenvalue weighted by molar-refractivity contribution is 7.92. The molecule has 1 aliphatic rings. The highest BCUT2D eigenvalue weighted by atomic mass is 32.2. The van der Waals surface area contributed by atoms with Gasteiger partial charge >= 0.3 is 0 Å². The van der Waals surface area contributed by atoms with E-state index < -0.39 is 10.0 Å². The molecule has 10 heteroatoms. The van der Waals surface area contributed by atoms with Gasteiger partial charge in [0.15, 0.2) is 10.9 Å². The van der Waals surface area contributed by atoms with Crippen LogP contribution in [0, 0.1) is 12.8 Å². The van der Waals surface area contributed by atoms with Crippen LogP contribution in [0.1, 0.15) is 37.9 Å². The van der Waals surface area contributed by atoms with Crippen LogP contribution in [0.4, 0.5) is 11.5 Å². The fraction of sp³-hybridized carbons (Fsp3) is 0.389. The van der Waals surface area contributed by atoms with E-state index in [0.29, 0.717) is 11.4 Å². The molecule has 3 N–H and O–H groups in total. The molecule has 1 aliphatic carbocycles. The van der Waals surface area contributed by atoms with E-state index in [2.05, 4.69) is 20.5 Å². The van der Waals surface area contributed by atoms with Crippen LogP contribution < -0.4 is 15.4 Å². The Balaban J connectivity index is 1.57. The summed E-state index contributed by atoms with van der Waals surface area (Å²) in [6.07, 6.45) is 5.08. The van der Waals surface area contributed by atoms with Crippen molar-refractivity contribution in [3.05, 3.63) is 36.1 Å². The normalized spacial score (nSPS) is 15.0. The smallest absolute Gasteiger partial charge is 0.263 e. The Morgan fingerprint density at radius 3 is 2.46 bits per heavy atom. The molecule has 0 saturated heterocycles. The van der Waals surface area contributed by atoms with E-state index in [4.69, 9.17) is 16.7 Å². The lowest BCUT2D eigenvalue weighted by Crippen LogP contribution is -2.38. The molecular formula is C18H22N4O4S2. The Labute approximate surface area is 169 Å². The molecule has 0 aliphatic heterocycles. The molecule has 8 nitrogen and oxygen atoms in total. The van der Waals surface area contributed by atoms with Crippen molar-refractivity contribution in [2.75, 3.05) is 10.0 Å². The van der Waals surface area contributed by atoms with Gasteiger partial charge in [0.1, 0.15) is 5.76 Å². The highest BCUT2D eigenvalue weighted by Gasteiger charge is 2.22. The summed E-state index contributed by atoms with van der Waals surface area (Å²) in [4.78, 5) is 12.3. The summed E-state index contributed by atoms with van der Waals surface area (Å²) in [7, 11) is -3.78. The van der Waals surface area contributed by atoms with Crippen molar-refractivity contribution in [2.24, 2.45) is 5.92 Å². The number of benzene rings is 1. The second kappa shape index (κ2) is 8.70. The second-order valence-corrected chi connectivity index (χ2v) is 8.82. The number of hydrogen-bond acceptors (Lipinski definition) is 6. The average molecular weight is 423 g/mol. The van der Waals surface area contributed by atoms with Crippen molar-refractivity contribution >= 4 is 44.8 Å². The van der Waals surface area contributed by atoms with Gasteiger partial charge in [-0.3, -0.25) is 9.52 Å². The van der Waals surface area contributed by atoms with Gasteiger partial charge in [-0.05, 0) is 56.2 Å². The van der Waals surface area contributed by atoms with Crippen LogP contribution in [0.3, 0.4) is 0 Å². The van der Waals surface area contributed by atoms with E-state index in [0.717, 1.165) is 25.7 Å². The summed E-state index contributed by atoms with van der Waals surface area (Å²) < 4.78 is 31.9. The average Bonchev–Trinajstić information content (AvgIpc) is 3.06. The lowest BCUT2D eigenvalue weighted by molar-refractivity contribution is -0.124.